The second-order valence-electron chi connectivity index (χ2n) is 6.74. The fourth-order valence-corrected chi connectivity index (χ4v) is 2.04. The predicted molar refractivity (Wildman–Crippen MR) is 83.2 cm³/mol. The molecule has 0 saturated carbocycles. The van der Waals surface area contributed by atoms with E-state index >= 15 is 0 Å². The first-order valence-electron chi connectivity index (χ1n) is 7.86. The zero-order valence-electron chi connectivity index (χ0n) is 13.7. The van der Waals surface area contributed by atoms with E-state index in [-0.39, 0.29) is 5.54 Å². The number of unbranched alkanes of at least 4 members (excludes halogenated alkanes) is 2. The zero-order chi connectivity index (χ0) is 14.0. The summed E-state index contributed by atoms with van der Waals surface area (Å²) < 4.78 is 0. The predicted octanol–water partition coefficient (Wildman–Crippen LogP) is 3.91. The normalized spacial score (nSPS) is 14.2. The fourth-order valence-electron chi connectivity index (χ4n) is 2.04. The van der Waals surface area contributed by atoms with Crippen molar-refractivity contribution in [1.82, 2.24) is 10.2 Å². The molecule has 2 nitrogen and oxygen atoms in total. The van der Waals surface area contributed by atoms with Crippen molar-refractivity contribution in [3.8, 4) is 0 Å². The molecular weight excluding hydrogens is 220 g/mol. The van der Waals surface area contributed by atoms with E-state index in [9.17, 15) is 0 Å². The van der Waals surface area contributed by atoms with Gasteiger partial charge in [0.2, 0.25) is 0 Å². The van der Waals surface area contributed by atoms with Crippen LogP contribution in [0.25, 0.3) is 0 Å². The van der Waals surface area contributed by atoms with Crippen LogP contribution in [0, 0.1) is 5.92 Å². The summed E-state index contributed by atoms with van der Waals surface area (Å²) in [6, 6.07) is 0. The SMILES string of the molecule is CCCCN(CCCC)CC(C)CNC(C)(C)C. The lowest BCUT2D eigenvalue weighted by molar-refractivity contribution is 0.221. The van der Waals surface area contributed by atoms with E-state index in [4.69, 9.17) is 0 Å². The van der Waals surface area contributed by atoms with E-state index in [2.05, 4.69) is 51.8 Å². The molecule has 0 saturated heterocycles. The summed E-state index contributed by atoms with van der Waals surface area (Å²) in [5.74, 6) is 0.734. The molecule has 0 aliphatic carbocycles. The van der Waals surface area contributed by atoms with Gasteiger partial charge in [0.25, 0.3) is 0 Å². The van der Waals surface area contributed by atoms with Crippen molar-refractivity contribution in [1.29, 1.82) is 0 Å². The van der Waals surface area contributed by atoms with Gasteiger partial charge in [-0.2, -0.15) is 0 Å². The summed E-state index contributed by atoms with van der Waals surface area (Å²) in [7, 11) is 0. The summed E-state index contributed by atoms with van der Waals surface area (Å²) >= 11 is 0. The maximum absolute atomic E-state index is 3.61. The lowest BCUT2D eigenvalue weighted by Gasteiger charge is -2.28. The Kier molecular flexibility index (Phi) is 9.76. The average molecular weight is 256 g/mol. The van der Waals surface area contributed by atoms with Crippen molar-refractivity contribution in [2.75, 3.05) is 26.2 Å². The van der Waals surface area contributed by atoms with Gasteiger partial charge in [-0.05, 0) is 59.2 Å². The van der Waals surface area contributed by atoms with Gasteiger partial charge >= 0.3 is 0 Å². The molecule has 0 rings (SSSR count). The highest BCUT2D eigenvalue weighted by atomic mass is 15.1. The highest BCUT2D eigenvalue weighted by Gasteiger charge is 2.13. The number of rotatable bonds is 10. The molecule has 2 heteroatoms. The van der Waals surface area contributed by atoms with Crippen molar-refractivity contribution in [2.24, 2.45) is 5.92 Å². The molecule has 0 aromatic rings. The van der Waals surface area contributed by atoms with Gasteiger partial charge in [0.05, 0.1) is 0 Å². The van der Waals surface area contributed by atoms with Crippen molar-refractivity contribution in [2.45, 2.75) is 72.8 Å². The molecule has 0 radical (unpaired) electrons. The summed E-state index contributed by atoms with van der Waals surface area (Å²) in [6.07, 6.45) is 5.28. The zero-order valence-corrected chi connectivity index (χ0v) is 13.7. The molecule has 0 aromatic carbocycles. The Morgan fingerprint density at radius 2 is 1.50 bits per heavy atom. The Labute approximate surface area is 116 Å². The van der Waals surface area contributed by atoms with Crippen LogP contribution in [-0.4, -0.2) is 36.6 Å². The fraction of sp³-hybridized carbons (Fsp3) is 1.00. The Morgan fingerprint density at radius 1 is 1.00 bits per heavy atom. The lowest BCUT2D eigenvalue weighted by atomic mass is 10.1. The van der Waals surface area contributed by atoms with Crippen LogP contribution in [0.15, 0.2) is 0 Å². The molecule has 18 heavy (non-hydrogen) atoms. The van der Waals surface area contributed by atoms with Crippen LogP contribution in [0.2, 0.25) is 0 Å². The van der Waals surface area contributed by atoms with E-state index in [1.165, 1.54) is 45.3 Å². The largest absolute Gasteiger partial charge is 0.312 e. The number of hydrogen-bond donors (Lipinski definition) is 1. The van der Waals surface area contributed by atoms with Crippen LogP contribution in [-0.2, 0) is 0 Å². The third-order valence-corrected chi connectivity index (χ3v) is 3.21. The number of nitrogens with zero attached hydrogens (tertiary/aromatic N) is 1. The number of nitrogens with one attached hydrogen (secondary N) is 1. The minimum Gasteiger partial charge on any atom is -0.312 e. The summed E-state index contributed by atoms with van der Waals surface area (Å²) in [5, 5.41) is 3.61. The third-order valence-electron chi connectivity index (χ3n) is 3.21. The first-order chi connectivity index (χ1) is 8.39. The molecular formula is C16H36N2. The molecule has 1 atom stereocenters. The van der Waals surface area contributed by atoms with Gasteiger partial charge in [-0.15, -0.1) is 0 Å². The molecule has 1 N–H and O–H groups in total. The maximum atomic E-state index is 3.61. The van der Waals surface area contributed by atoms with Crippen LogP contribution in [0.3, 0.4) is 0 Å². The van der Waals surface area contributed by atoms with Crippen molar-refractivity contribution in [3.63, 3.8) is 0 Å². The van der Waals surface area contributed by atoms with Gasteiger partial charge in [0, 0.05) is 12.1 Å². The monoisotopic (exact) mass is 256 g/mol. The van der Waals surface area contributed by atoms with Gasteiger partial charge in [-0.1, -0.05) is 33.6 Å². The van der Waals surface area contributed by atoms with Gasteiger partial charge in [-0.3, -0.25) is 0 Å². The highest BCUT2D eigenvalue weighted by Crippen LogP contribution is 2.06. The average Bonchev–Trinajstić information content (AvgIpc) is 2.29. The first-order valence-corrected chi connectivity index (χ1v) is 7.86. The Morgan fingerprint density at radius 3 is 1.89 bits per heavy atom. The Bertz CT molecular complexity index is 176. The van der Waals surface area contributed by atoms with E-state index in [0.29, 0.717) is 0 Å². The topological polar surface area (TPSA) is 15.3 Å². The summed E-state index contributed by atoms with van der Waals surface area (Å²) in [5.41, 5.74) is 0.242. The van der Waals surface area contributed by atoms with Crippen molar-refractivity contribution < 1.29 is 0 Å². The molecule has 0 aliphatic rings. The van der Waals surface area contributed by atoms with E-state index < -0.39 is 0 Å². The molecule has 0 aliphatic heterocycles. The van der Waals surface area contributed by atoms with Gasteiger partial charge in [-0.25, -0.2) is 0 Å². The van der Waals surface area contributed by atoms with E-state index in [1.54, 1.807) is 0 Å². The number of hydrogen-bond acceptors (Lipinski definition) is 2. The molecule has 0 amide bonds. The summed E-state index contributed by atoms with van der Waals surface area (Å²) in [6.45, 7) is 18.6. The van der Waals surface area contributed by atoms with Crippen LogP contribution in [0.4, 0.5) is 0 Å². The van der Waals surface area contributed by atoms with Gasteiger partial charge < -0.3 is 10.2 Å². The smallest absolute Gasteiger partial charge is 0.00966 e. The minimum atomic E-state index is 0.242. The molecule has 0 heterocycles. The molecule has 110 valence electrons. The van der Waals surface area contributed by atoms with Crippen LogP contribution >= 0.6 is 0 Å². The van der Waals surface area contributed by atoms with Gasteiger partial charge in [0.15, 0.2) is 0 Å². The van der Waals surface area contributed by atoms with Crippen LogP contribution in [0.5, 0.6) is 0 Å². The molecule has 0 spiro atoms. The highest BCUT2D eigenvalue weighted by molar-refractivity contribution is 4.73. The molecule has 0 fully saturated rings. The molecule has 0 aromatic heterocycles. The molecule has 1 unspecified atom stereocenters. The van der Waals surface area contributed by atoms with Crippen LogP contribution < -0.4 is 5.32 Å². The van der Waals surface area contributed by atoms with Gasteiger partial charge in [0.1, 0.15) is 0 Å². The standard InChI is InChI=1S/C16H36N2/c1-7-9-11-18(12-10-8-2)14-15(3)13-17-16(4,5)6/h15,17H,7-14H2,1-6H3. The minimum absolute atomic E-state index is 0.242. The third kappa shape index (κ3) is 11.0. The maximum Gasteiger partial charge on any atom is 0.00966 e. The Balaban J connectivity index is 3.96. The quantitative estimate of drug-likeness (QED) is 0.637. The molecule has 0 bridgehead atoms. The van der Waals surface area contributed by atoms with E-state index in [1.807, 2.05) is 0 Å². The summed E-state index contributed by atoms with van der Waals surface area (Å²) in [4.78, 5) is 2.65. The second-order valence-corrected chi connectivity index (χ2v) is 6.74. The second kappa shape index (κ2) is 9.80. The van der Waals surface area contributed by atoms with Crippen LogP contribution in [0.1, 0.15) is 67.2 Å². The van der Waals surface area contributed by atoms with Crippen molar-refractivity contribution >= 4 is 0 Å². The van der Waals surface area contributed by atoms with E-state index in [0.717, 1.165) is 12.5 Å². The van der Waals surface area contributed by atoms with Crippen molar-refractivity contribution in [3.05, 3.63) is 0 Å². The Hall–Kier alpha value is -0.0800. The first kappa shape index (κ1) is 17.9. The lowest BCUT2D eigenvalue weighted by Crippen LogP contribution is -2.41.